The number of sulfonamides is 1. The molecule has 3 N–H and O–H groups in total. The average Bonchev–Trinajstić information content (AvgIpc) is 2.36. The van der Waals surface area contributed by atoms with Crippen LogP contribution in [-0.2, 0) is 10.0 Å². The quantitative estimate of drug-likeness (QED) is 0.855. The number of nitrogens with two attached hydrogens (primary N) is 1. The second kappa shape index (κ2) is 5.30. The summed E-state index contributed by atoms with van der Waals surface area (Å²) in [5.74, 6) is -0.676. The van der Waals surface area contributed by atoms with Gasteiger partial charge in [-0.15, -0.1) is 0 Å². The zero-order chi connectivity index (χ0) is 14.9. The second-order valence-corrected chi connectivity index (χ2v) is 6.27. The lowest BCUT2D eigenvalue weighted by Crippen LogP contribution is -2.15. The van der Waals surface area contributed by atoms with Gasteiger partial charge in [-0.05, 0) is 31.2 Å². The van der Waals surface area contributed by atoms with Crippen molar-refractivity contribution in [3.8, 4) is 0 Å². The second-order valence-electron chi connectivity index (χ2n) is 4.21. The van der Waals surface area contributed by atoms with Crippen molar-refractivity contribution in [1.29, 1.82) is 0 Å². The van der Waals surface area contributed by atoms with Gasteiger partial charge in [-0.1, -0.05) is 23.7 Å². The summed E-state index contributed by atoms with van der Waals surface area (Å²) in [6.07, 6.45) is 0. The third-order valence-electron chi connectivity index (χ3n) is 2.73. The molecule has 106 valence electrons. The van der Waals surface area contributed by atoms with Gasteiger partial charge in [0.2, 0.25) is 0 Å². The van der Waals surface area contributed by atoms with Crippen molar-refractivity contribution in [3.63, 3.8) is 0 Å². The first-order valence-electron chi connectivity index (χ1n) is 5.64. The Hall–Kier alpha value is -1.79. The molecule has 0 atom stereocenters. The van der Waals surface area contributed by atoms with Gasteiger partial charge in [0.15, 0.2) is 0 Å². The van der Waals surface area contributed by atoms with E-state index in [1.807, 2.05) is 0 Å². The molecule has 20 heavy (non-hydrogen) atoms. The van der Waals surface area contributed by atoms with E-state index in [1.165, 1.54) is 19.1 Å². The highest BCUT2D eigenvalue weighted by Crippen LogP contribution is 2.27. The standard InChI is InChI=1S/C13H12ClFN2O2S/c1-8-11(15)6-9(16)7-13(8)20(18,19)17-12-5-3-2-4-10(12)14/h2-7,17H,16H2,1H3. The number of para-hydroxylation sites is 1. The molecule has 0 aromatic heterocycles. The highest BCUT2D eigenvalue weighted by atomic mass is 35.5. The minimum absolute atomic E-state index is 0.00115. The summed E-state index contributed by atoms with van der Waals surface area (Å²) in [5, 5.41) is 0.248. The summed E-state index contributed by atoms with van der Waals surface area (Å²) >= 11 is 5.89. The lowest BCUT2D eigenvalue weighted by Gasteiger charge is -2.12. The molecule has 2 rings (SSSR count). The fourth-order valence-corrected chi connectivity index (χ4v) is 3.30. The van der Waals surface area contributed by atoms with Gasteiger partial charge in [-0.3, -0.25) is 4.72 Å². The van der Waals surface area contributed by atoms with Crippen molar-refractivity contribution in [2.75, 3.05) is 10.5 Å². The zero-order valence-electron chi connectivity index (χ0n) is 10.5. The van der Waals surface area contributed by atoms with Crippen LogP contribution in [0.2, 0.25) is 5.02 Å². The van der Waals surface area contributed by atoms with E-state index in [0.717, 1.165) is 6.07 Å². The molecule has 0 saturated heterocycles. The van der Waals surface area contributed by atoms with E-state index in [1.54, 1.807) is 18.2 Å². The lowest BCUT2D eigenvalue weighted by atomic mass is 10.2. The van der Waals surface area contributed by atoms with E-state index in [9.17, 15) is 12.8 Å². The summed E-state index contributed by atoms with van der Waals surface area (Å²) < 4.78 is 40.5. The average molecular weight is 315 g/mol. The Kier molecular flexibility index (Phi) is 3.87. The topological polar surface area (TPSA) is 72.2 Å². The van der Waals surface area contributed by atoms with Crippen LogP contribution in [0, 0.1) is 12.7 Å². The molecule has 0 spiro atoms. The number of rotatable bonds is 3. The number of anilines is 2. The normalized spacial score (nSPS) is 11.3. The van der Waals surface area contributed by atoms with Crippen LogP contribution in [0.15, 0.2) is 41.3 Å². The Labute approximate surface area is 121 Å². The smallest absolute Gasteiger partial charge is 0.262 e. The van der Waals surface area contributed by atoms with E-state index in [0.29, 0.717) is 0 Å². The Balaban J connectivity index is 2.49. The van der Waals surface area contributed by atoms with Gasteiger partial charge in [0.05, 0.1) is 15.6 Å². The number of nitrogens with one attached hydrogen (secondary N) is 1. The summed E-state index contributed by atoms with van der Waals surface area (Å²) in [4.78, 5) is -0.213. The Morgan fingerprint density at radius 3 is 2.55 bits per heavy atom. The van der Waals surface area contributed by atoms with Crippen LogP contribution in [0.4, 0.5) is 15.8 Å². The highest BCUT2D eigenvalue weighted by Gasteiger charge is 2.20. The fourth-order valence-electron chi connectivity index (χ4n) is 1.70. The van der Waals surface area contributed by atoms with Crippen molar-refractivity contribution in [2.45, 2.75) is 11.8 Å². The van der Waals surface area contributed by atoms with E-state index < -0.39 is 15.8 Å². The van der Waals surface area contributed by atoms with E-state index >= 15 is 0 Å². The molecule has 0 radical (unpaired) electrons. The van der Waals surface area contributed by atoms with Gasteiger partial charge in [0, 0.05) is 11.3 Å². The molecule has 4 nitrogen and oxygen atoms in total. The van der Waals surface area contributed by atoms with Crippen molar-refractivity contribution in [2.24, 2.45) is 0 Å². The van der Waals surface area contributed by atoms with E-state index in [-0.39, 0.29) is 26.9 Å². The molecule has 0 saturated carbocycles. The van der Waals surface area contributed by atoms with Crippen LogP contribution < -0.4 is 10.5 Å². The third kappa shape index (κ3) is 2.86. The summed E-state index contributed by atoms with van der Waals surface area (Å²) in [7, 11) is -3.97. The Morgan fingerprint density at radius 1 is 1.25 bits per heavy atom. The van der Waals surface area contributed by atoms with E-state index in [4.69, 9.17) is 17.3 Å². The van der Waals surface area contributed by atoms with Gasteiger partial charge in [0.25, 0.3) is 10.0 Å². The molecular weight excluding hydrogens is 303 g/mol. The van der Waals surface area contributed by atoms with Gasteiger partial charge in [0.1, 0.15) is 5.82 Å². The van der Waals surface area contributed by atoms with Crippen LogP contribution in [0.5, 0.6) is 0 Å². The molecule has 7 heteroatoms. The van der Waals surface area contributed by atoms with Gasteiger partial charge >= 0.3 is 0 Å². The molecule has 0 aliphatic carbocycles. The summed E-state index contributed by atoms with van der Waals surface area (Å²) in [6, 6.07) is 8.65. The Bertz CT molecular complexity index is 763. The maximum absolute atomic E-state index is 13.6. The van der Waals surface area contributed by atoms with Crippen LogP contribution in [0.1, 0.15) is 5.56 Å². The van der Waals surface area contributed by atoms with Gasteiger partial charge in [-0.25, -0.2) is 12.8 Å². The molecule has 0 heterocycles. The first-order chi connectivity index (χ1) is 9.31. The number of hydrogen-bond acceptors (Lipinski definition) is 3. The van der Waals surface area contributed by atoms with Crippen LogP contribution >= 0.6 is 11.6 Å². The predicted octanol–water partition coefficient (Wildman–Crippen LogP) is 3.17. The van der Waals surface area contributed by atoms with Crippen LogP contribution in [0.3, 0.4) is 0 Å². The molecule has 0 aliphatic heterocycles. The minimum Gasteiger partial charge on any atom is -0.399 e. The Morgan fingerprint density at radius 2 is 1.90 bits per heavy atom. The van der Waals surface area contributed by atoms with Gasteiger partial charge in [-0.2, -0.15) is 0 Å². The number of halogens is 2. The number of nitrogen functional groups attached to an aromatic ring is 1. The minimum atomic E-state index is -3.97. The lowest BCUT2D eigenvalue weighted by molar-refractivity contribution is 0.591. The molecular formula is C13H12ClFN2O2S. The summed E-state index contributed by atoms with van der Waals surface area (Å²) in [5.41, 5.74) is 5.74. The zero-order valence-corrected chi connectivity index (χ0v) is 12.1. The SMILES string of the molecule is Cc1c(F)cc(N)cc1S(=O)(=O)Nc1ccccc1Cl. The molecule has 0 bridgehead atoms. The van der Waals surface area contributed by atoms with Crippen molar-refractivity contribution < 1.29 is 12.8 Å². The van der Waals surface area contributed by atoms with Crippen LogP contribution in [0.25, 0.3) is 0 Å². The largest absolute Gasteiger partial charge is 0.399 e. The van der Waals surface area contributed by atoms with Crippen molar-refractivity contribution in [1.82, 2.24) is 0 Å². The van der Waals surface area contributed by atoms with Crippen molar-refractivity contribution >= 4 is 33.0 Å². The van der Waals surface area contributed by atoms with E-state index in [2.05, 4.69) is 4.72 Å². The summed E-state index contributed by atoms with van der Waals surface area (Å²) in [6.45, 7) is 1.37. The number of hydrogen-bond donors (Lipinski definition) is 2. The van der Waals surface area contributed by atoms with Gasteiger partial charge < -0.3 is 5.73 Å². The maximum atomic E-state index is 13.6. The monoisotopic (exact) mass is 314 g/mol. The predicted molar refractivity (Wildman–Crippen MR) is 77.8 cm³/mol. The third-order valence-corrected chi connectivity index (χ3v) is 4.55. The first kappa shape index (κ1) is 14.6. The molecule has 0 amide bonds. The molecule has 0 aliphatic rings. The molecule has 2 aromatic carbocycles. The molecule has 0 unspecified atom stereocenters. The van der Waals surface area contributed by atoms with Crippen molar-refractivity contribution in [3.05, 3.63) is 52.8 Å². The maximum Gasteiger partial charge on any atom is 0.262 e. The highest BCUT2D eigenvalue weighted by molar-refractivity contribution is 7.92. The molecule has 0 fully saturated rings. The fraction of sp³-hybridized carbons (Fsp3) is 0.0769. The number of benzene rings is 2. The molecule has 2 aromatic rings. The van der Waals surface area contributed by atoms with Crippen LogP contribution in [-0.4, -0.2) is 8.42 Å². The first-order valence-corrected chi connectivity index (χ1v) is 7.50.